The number of fused-ring (bicyclic) bond motifs is 3. The lowest BCUT2D eigenvalue weighted by Gasteiger charge is -2.31. The summed E-state index contributed by atoms with van der Waals surface area (Å²) >= 11 is 0. The summed E-state index contributed by atoms with van der Waals surface area (Å²) in [5, 5.41) is 30.8. The van der Waals surface area contributed by atoms with Crippen molar-refractivity contribution in [1.82, 2.24) is 0 Å². The van der Waals surface area contributed by atoms with Crippen LogP contribution in [0.5, 0.6) is 11.5 Å². The van der Waals surface area contributed by atoms with Crippen molar-refractivity contribution in [3.8, 4) is 17.6 Å². The number of hydrogen-bond acceptors (Lipinski definition) is 6. The molecule has 3 aromatic carbocycles. The maximum Gasteiger partial charge on any atom is 0.269 e. The van der Waals surface area contributed by atoms with Gasteiger partial charge in [-0.05, 0) is 29.1 Å². The molecule has 0 bridgehead atoms. The third kappa shape index (κ3) is 2.72. The van der Waals surface area contributed by atoms with Gasteiger partial charge in [0.1, 0.15) is 17.4 Å². The summed E-state index contributed by atoms with van der Waals surface area (Å²) in [5.41, 5.74) is 1.27. The molecule has 7 nitrogen and oxygen atoms in total. The SMILES string of the molecule is COc1ccc2c3c(ccc2c1)C(c1cccc([N+](=O)[O-])c1)C(C#N)C(=N)O3. The lowest BCUT2D eigenvalue weighted by atomic mass is 9.78. The molecular formula is C21H15N3O4. The highest BCUT2D eigenvalue weighted by Crippen LogP contribution is 2.46. The number of non-ortho nitro benzene ring substituents is 1. The van der Waals surface area contributed by atoms with Gasteiger partial charge in [0.25, 0.3) is 5.69 Å². The van der Waals surface area contributed by atoms with Crippen LogP contribution in [0.15, 0.2) is 54.6 Å². The Kier molecular flexibility index (Phi) is 4.17. The molecule has 0 saturated carbocycles. The minimum absolute atomic E-state index is 0.0562. The van der Waals surface area contributed by atoms with E-state index in [0.29, 0.717) is 17.1 Å². The van der Waals surface area contributed by atoms with Crippen LogP contribution in [-0.4, -0.2) is 17.9 Å². The van der Waals surface area contributed by atoms with Crippen LogP contribution in [0.4, 0.5) is 5.69 Å². The highest BCUT2D eigenvalue weighted by molar-refractivity contribution is 5.96. The minimum atomic E-state index is -0.870. The predicted octanol–water partition coefficient (Wildman–Crippen LogP) is 4.40. The normalized spacial score (nSPS) is 18.1. The first kappa shape index (κ1) is 17.5. The lowest BCUT2D eigenvalue weighted by molar-refractivity contribution is -0.384. The summed E-state index contributed by atoms with van der Waals surface area (Å²) in [4.78, 5) is 10.7. The fourth-order valence-corrected chi connectivity index (χ4v) is 3.62. The van der Waals surface area contributed by atoms with Gasteiger partial charge in [-0.2, -0.15) is 5.26 Å². The van der Waals surface area contributed by atoms with Crippen LogP contribution in [0.1, 0.15) is 17.0 Å². The summed E-state index contributed by atoms with van der Waals surface area (Å²) in [6.07, 6.45) is 0. The van der Waals surface area contributed by atoms with Crippen molar-refractivity contribution in [1.29, 1.82) is 10.7 Å². The first-order chi connectivity index (χ1) is 13.5. The van der Waals surface area contributed by atoms with Gasteiger partial charge in [-0.3, -0.25) is 15.5 Å². The molecule has 1 N–H and O–H groups in total. The maximum atomic E-state index is 11.2. The van der Waals surface area contributed by atoms with Gasteiger partial charge in [0.05, 0.1) is 18.1 Å². The zero-order valence-electron chi connectivity index (χ0n) is 14.9. The minimum Gasteiger partial charge on any atom is -0.497 e. The summed E-state index contributed by atoms with van der Waals surface area (Å²) in [6.45, 7) is 0. The highest BCUT2D eigenvalue weighted by atomic mass is 16.6. The van der Waals surface area contributed by atoms with Crippen molar-refractivity contribution >= 4 is 22.4 Å². The van der Waals surface area contributed by atoms with E-state index in [1.807, 2.05) is 24.3 Å². The van der Waals surface area contributed by atoms with Gasteiger partial charge in [0, 0.05) is 29.0 Å². The average molecular weight is 373 g/mol. The number of nitro benzene ring substituents is 1. The van der Waals surface area contributed by atoms with E-state index in [1.54, 1.807) is 25.3 Å². The molecule has 0 aliphatic carbocycles. The quantitative estimate of drug-likeness (QED) is 0.540. The molecule has 1 heterocycles. The molecule has 2 atom stereocenters. The zero-order chi connectivity index (χ0) is 19.8. The predicted molar refractivity (Wildman–Crippen MR) is 103 cm³/mol. The number of ether oxygens (including phenoxy) is 2. The fraction of sp³-hybridized carbons (Fsp3) is 0.143. The van der Waals surface area contributed by atoms with Gasteiger partial charge in [0.15, 0.2) is 0 Å². The molecule has 0 spiro atoms. The molecule has 0 radical (unpaired) electrons. The van der Waals surface area contributed by atoms with Gasteiger partial charge < -0.3 is 9.47 Å². The largest absolute Gasteiger partial charge is 0.497 e. The standard InChI is InChI=1S/C21H15N3O4/c1-27-15-6-8-16-12(10-15)5-7-17-19(18(11-22)21(23)28-20(16)17)13-3-2-4-14(9-13)24(25)26/h2-10,18-19,23H,1H3. The van der Waals surface area contributed by atoms with E-state index in [9.17, 15) is 15.4 Å². The molecule has 0 aromatic heterocycles. The first-order valence-electron chi connectivity index (χ1n) is 8.54. The Labute approximate surface area is 160 Å². The van der Waals surface area contributed by atoms with Crippen LogP contribution in [0.2, 0.25) is 0 Å². The molecular weight excluding hydrogens is 358 g/mol. The Balaban J connectivity index is 1.95. The number of rotatable bonds is 3. The molecule has 1 aliphatic rings. The number of methoxy groups -OCH3 is 1. The van der Waals surface area contributed by atoms with E-state index in [-0.39, 0.29) is 11.6 Å². The summed E-state index contributed by atoms with van der Waals surface area (Å²) in [5.74, 6) is -0.385. The molecule has 3 aromatic rings. The molecule has 28 heavy (non-hydrogen) atoms. The third-order valence-electron chi connectivity index (χ3n) is 4.95. The molecule has 7 heteroatoms. The second kappa shape index (κ2) is 6.67. The van der Waals surface area contributed by atoms with Gasteiger partial charge in [-0.1, -0.05) is 24.3 Å². The van der Waals surface area contributed by atoms with Crippen LogP contribution in [0.25, 0.3) is 10.8 Å². The van der Waals surface area contributed by atoms with Gasteiger partial charge in [0.2, 0.25) is 5.90 Å². The van der Waals surface area contributed by atoms with E-state index >= 15 is 0 Å². The van der Waals surface area contributed by atoms with Crippen molar-refractivity contribution < 1.29 is 14.4 Å². The number of benzene rings is 3. The summed E-state index contributed by atoms with van der Waals surface area (Å²) < 4.78 is 11.0. The molecule has 4 rings (SSSR count). The number of nitrogens with one attached hydrogen (secondary N) is 1. The van der Waals surface area contributed by atoms with Crippen molar-refractivity contribution in [3.05, 3.63) is 75.8 Å². The molecule has 0 amide bonds. The summed E-state index contributed by atoms with van der Waals surface area (Å²) in [7, 11) is 1.58. The van der Waals surface area contributed by atoms with E-state index in [4.69, 9.17) is 14.9 Å². The van der Waals surface area contributed by atoms with Crippen molar-refractivity contribution in [2.24, 2.45) is 5.92 Å². The molecule has 2 unspecified atom stereocenters. The second-order valence-corrected chi connectivity index (χ2v) is 6.47. The van der Waals surface area contributed by atoms with Crippen LogP contribution in [-0.2, 0) is 0 Å². The number of nitrogens with zero attached hydrogens (tertiary/aromatic N) is 2. The molecule has 0 saturated heterocycles. The van der Waals surface area contributed by atoms with E-state index in [2.05, 4.69) is 6.07 Å². The topological polar surface area (TPSA) is 109 Å². The van der Waals surface area contributed by atoms with Crippen molar-refractivity contribution in [3.63, 3.8) is 0 Å². The Bertz CT molecular complexity index is 1170. The molecule has 1 aliphatic heterocycles. The molecule has 138 valence electrons. The monoisotopic (exact) mass is 373 g/mol. The number of nitro groups is 1. The van der Waals surface area contributed by atoms with Crippen LogP contribution >= 0.6 is 0 Å². The number of hydrogen-bond donors (Lipinski definition) is 1. The maximum absolute atomic E-state index is 11.2. The third-order valence-corrected chi connectivity index (χ3v) is 4.95. The fourth-order valence-electron chi connectivity index (χ4n) is 3.62. The Morgan fingerprint density at radius 2 is 2.04 bits per heavy atom. The van der Waals surface area contributed by atoms with Crippen molar-refractivity contribution in [2.75, 3.05) is 7.11 Å². The second-order valence-electron chi connectivity index (χ2n) is 6.47. The van der Waals surface area contributed by atoms with E-state index in [0.717, 1.165) is 16.3 Å². The summed E-state index contributed by atoms with van der Waals surface area (Å²) in [6, 6.07) is 17.6. The van der Waals surface area contributed by atoms with Crippen molar-refractivity contribution in [2.45, 2.75) is 5.92 Å². The van der Waals surface area contributed by atoms with Gasteiger partial charge >= 0.3 is 0 Å². The smallest absolute Gasteiger partial charge is 0.269 e. The Morgan fingerprint density at radius 1 is 1.21 bits per heavy atom. The first-order valence-corrected chi connectivity index (χ1v) is 8.54. The molecule has 0 fully saturated rings. The average Bonchev–Trinajstić information content (AvgIpc) is 2.72. The highest BCUT2D eigenvalue weighted by Gasteiger charge is 2.38. The van der Waals surface area contributed by atoms with Crippen LogP contribution in [0.3, 0.4) is 0 Å². The van der Waals surface area contributed by atoms with Crippen LogP contribution < -0.4 is 9.47 Å². The Morgan fingerprint density at radius 3 is 2.75 bits per heavy atom. The van der Waals surface area contributed by atoms with E-state index < -0.39 is 16.8 Å². The van der Waals surface area contributed by atoms with Crippen LogP contribution in [0, 0.1) is 32.8 Å². The number of nitriles is 1. The lowest BCUT2D eigenvalue weighted by Crippen LogP contribution is -2.31. The van der Waals surface area contributed by atoms with Gasteiger partial charge in [-0.15, -0.1) is 0 Å². The van der Waals surface area contributed by atoms with Gasteiger partial charge in [-0.25, -0.2) is 0 Å². The Hall–Kier alpha value is -3.92. The van der Waals surface area contributed by atoms with E-state index in [1.165, 1.54) is 12.1 Å². The zero-order valence-corrected chi connectivity index (χ0v) is 14.9.